The van der Waals surface area contributed by atoms with Gasteiger partial charge in [-0.2, -0.15) is 0 Å². The molecule has 0 spiro atoms. The standard InChI is InChI=1S/C62H53O3.C5H5.Fe/c1-2-3-4-5-6-9-44-64-60-40-36-57(37-41-60)55-32-28-53(29-33-55)51-24-20-49(21-25-51)47-16-12-45(13-17-47)46-14-18-48(19-15-46)50-22-26-52(27-23-50)54-30-34-56(35-31-54)58-38-42-61(43-39-58)65-62(63)59-10-7-8-11-59;1-2-4-5-3-1;/h7-8,10-43H,2-6,9,44H2,1H3;1-5H;/q;;+2. The Labute approximate surface area is 434 Å². The number of ether oxygens (including phenoxy) is 2. The molecule has 3 nitrogen and oxygen atoms in total. The van der Waals surface area contributed by atoms with E-state index >= 15 is 0 Å². The predicted molar refractivity (Wildman–Crippen MR) is 291 cm³/mol. The minimum absolute atomic E-state index is 0. The zero-order valence-electron chi connectivity index (χ0n) is 40.2. The van der Waals surface area contributed by atoms with Crippen molar-refractivity contribution in [3.63, 3.8) is 0 Å². The molecule has 0 bridgehead atoms. The normalized spacial score (nSPS) is 13.2. The van der Waals surface area contributed by atoms with E-state index in [1.165, 1.54) is 87.7 Å². The van der Waals surface area contributed by atoms with E-state index in [1.54, 1.807) is 12.8 Å². The summed E-state index contributed by atoms with van der Waals surface area (Å²) in [5, 5.41) is 0. The Morgan fingerprint density at radius 3 is 0.831 bits per heavy atom. The minimum atomic E-state index is -0.350. The fourth-order valence-corrected chi connectivity index (χ4v) is 8.66. The molecule has 8 aromatic rings. The van der Waals surface area contributed by atoms with Gasteiger partial charge < -0.3 is 9.47 Å². The van der Waals surface area contributed by atoms with Crippen LogP contribution in [0.4, 0.5) is 0 Å². The molecule has 0 unspecified atom stereocenters. The van der Waals surface area contributed by atoms with Crippen LogP contribution in [-0.4, -0.2) is 12.6 Å². The van der Waals surface area contributed by atoms with Crippen LogP contribution in [0, 0.1) is 63.7 Å². The fourth-order valence-electron chi connectivity index (χ4n) is 8.66. The second kappa shape index (κ2) is 26.1. The van der Waals surface area contributed by atoms with Gasteiger partial charge in [0.05, 0.1) is 12.5 Å². The second-order valence-electron chi connectivity index (χ2n) is 17.7. The third kappa shape index (κ3) is 14.1. The van der Waals surface area contributed by atoms with Crippen LogP contribution in [0.5, 0.6) is 11.5 Å². The van der Waals surface area contributed by atoms with Gasteiger partial charge in [0.2, 0.25) is 0 Å². The van der Waals surface area contributed by atoms with Crippen molar-refractivity contribution in [3.05, 3.63) is 258 Å². The number of esters is 1. The van der Waals surface area contributed by atoms with Crippen molar-refractivity contribution in [2.45, 2.75) is 45.4 Å². The molecule has 0 atom stereocenters. The third-order valence-corrected chi connectivity index (χ3v) is 12.8. The van der Waals surface area contributed by atoms with Gasteiger partial charge >= 0.3 is 23.0 Å². The van der Waals surface area contributed by atoms with Crippen molar-refractivity contribution in [1.82, 2.24) is 0 Å². The van der Waals surface area contributed by atoms with Gasteiger partial charge in [-0.3, -0.25) is 4.79 Å². The summed E-state index contributed by atoms with van der Waals surface area (Å²) >= 11 is 0. The fraction of sp³-hybridized carbons (Fsp3) is 0.119. The molecule has 2 aliphatic carbocycles. The molecule has 71 heavy (non-hydrogen) atoms. The van der Waals surface area contributed by atoms with E-state index in [2.05, 4.69) is 177 Å². The second-order valence-corrected chi connectivity index (χ2v) is 17.7. The number of hydrogen-bond acceptors (Lipinski definition) is 3. The molecule has 10 rings (SSSR count). The summed E-state index contributed by atoms with van der Waals surface area (Å²) in [5.74, 6) is 1.67. The molecule has 2 aliphatic rings. The van der Waals surface area contributed by atoms with Crippen molar-refractivity contribution in [1.29, 1.82) is 0 Å². The Bertz CT molecular complexity index is 2810. The maximum atomic E-state index is 12.3. The van der Waals surface area contributed by atoms with Crippen LogP contribution >= 0.6 is 0 Å². The Morgan fingerprint density at radius 2 is 0.549 bits per heavy atom. The first-order valence-corrected chi connectivity index (χ1v) is 24.6. The number of hydrogen-bond donors (Lipinski definition) is 0. The summed E-state index contributed by atoms with van der Waals surface area (Å²) in [6.45, 7) is 3.04. The smallest absolute Gasteiger partial charge is 0.494 e. The van der Waals surface area contributed by atoms with E-state index < -0.39 is 0 Å². The first-order valence-electron chi connectivity index (χ1n) is 24.6. The van der Waals surface area contributed by atoms with Crippen LogP contribution < -0.4 is 9.47 Å². The van der Waals surface area contributed by atoms with E-state index in [-0.39, 0.29) is 23.0 Å². The summed E-state index contributed by atoms with van der Waals surface area (Å²) < 4.78 is 11.5. The molecule has 0 heterocycles. The first-order chi connectivity index (χ1) is 34.6. The van der Waals surface area contributed by atoms with E-state index in [4.69, 9.17) is 9.47 Å². The summed E-state index contributed by atoms with van der Waals surface area (Å²) in [4.78, 5) is 12.3. The van der Waals surface area contributed by atoms with E-state index in [1.807, 2.05) is 69.2 Å². The van der Waals surface area contributed by atoms with Gasteiger partial charge in [0.1, 0.15) is 11.5 Å². The van der Waals surface area contributed by atoms with Crippen molar-refractivity contribution >= 4 is 5.97 Å². The van der Waals surface area contributed by atoms with Crippen LogP contribution in [0.15, 0.2) is 194 Å². The van der Waals surface area contributed by atoms with Crippen LogP contribution in [0.25, 0.3) is 77.9 Å². The van der Waals surface area contributed by atoms with Gasteiger partial charge in [-0.25, -0.2) is 0 Å². The van der Waals surface area contributed by atoms with Crippen molar-refractivity contribution in [3.8, 4) is 89.4 Å². The van der Waals surface area contributed by atoms with Gasteiger partial charge in [-0.1, -0.05) is 209 Å². The molecular weight excluding hydrogens is 909 g/mol. The molecule has 350 valence electrons. The van der Waals surface area contributed by atoms with Crippen LogP contribution in [0.1, 0.15) is 45.4 Å². The number of benzene rings is 8. The molecule has 4 heteroatoms. The van der Waals surface area contributed by atoms with Gasteiger partial charge in [0, 0.05) is 0 Å². The molecular formula is C67H58FeO3+2. The quantitative estimate of drug-likeness (QED) is 0.0395. The minimum Gasteiger partial charge on any atom is -0.494 e. The van der Waals surface area contributed by atoms with Gasteiger partial charge in [0.15, 0.2) is 0 Å². The molecule has 2 saturated carbocycles. The van der Waals surface area contributed by atoms with Gasteiger partial charge in [-0.05, 0) is 166 Å². The maximum absolute atomic E-state index is 12.3. The molecule has 0 amide bonds. The first kappa shape index (κ1) is 50.9. The molecule has 2 fully saturated rings. The van der Waals surface area contributed by atoms with Crippen molar-refractivity contribution in [2.24, 2.45) is 0 Å². The molecule has 0 aromatic heterocycles. The molecule has 10 radical (unpaired) electrons. The number of unbranched alkanes of at least 4 members (excludes halogenated alkanes) is 5. The maximum Gasteiger partial charge on any atom is 2.00 e. The molecule has 0 N–H and O–H groups in total. The van der Waals surface area contributed by atoms with E-state index in [0.29, 0.717) is 11.7 Å². The Balaban J connectivity index is 0.00000106. The predicted octanol–water partition coefficient (Wildman–Crippen LogP) is 17.4. The Hall–Kier alpha value is -6.45. The molecule has 0 saturated heterocycles. The number of rotatable bonds is 17. The summed E-state index contributed by atoms with van der Waals surface area (Å²) in [6, 6.07) is 68.8. The number of carbonyl (C=O) groups is 1. The zero-order chi connectivity index (χ0) is 47.7. The van der Waals surface area contributed by atoms with Crippen LogP contribution in [0.2, 0.25) is 0 Å². The number of carbonyl (C=O) groups excluding carboxylic acids is 1. The molecule has 8 aromatic carbocycles. The van der Waals surface area contributed by atoms with E-state index in [0.717, 1.165) is 41.0 Å². The third-order valence-electron chi connectivity index (χ3n) is 12.8. The van der Waals surface area contributed by atoms with Crippen LogP contribution in [0.3, 0.4) is 0 Å². The largest absolute Gasteiger partial charge is 2.00 e. The SMILES string of the molecule is CCCCCCCCOc1ccc(-c2ccc(-c3ccc(-c4ccc(-c5ccc(-c6ccc(-c7ccc(-c8ccc(OC(=O)[C]9[CH][CH][CH][CH]9)cc8)cc7)cc6)cc5)cc4)cc3)cc2)cc1.[CH]1[CH][CH][CH][CH]1.[Fe+2]. The summed E-state index contributed by atoms with van der Waals surface area (Å²) in [7, 11) is 0. The van der Waals surface area contributed by atoms with E-state index in [9.17, 15) is 4.79 Å². The molecule has 0 aliphatic heterocycles. The van der Waals surface area contributed by atoms with Gasteiger partial charge in [-0.15, -0.1) is 0 Å². The Kier molecular flexibility index (Phi) is 18.7. The van der Waals surface area contributed by atoms with Crippen molar-refractivity contribution in [2.75, 3.05) is 6.61 Å². The monoisotopic (exact) mass is 966 g/mol. The van der Waals surface area contributed by atoms with Crippen molar-refractivity contribution < 1.29 is 31.3 Å². The average molecular weight is 967 g/mol. The summed E-state index contributed by atoms with van der Waals surface area (Å²) in [6.07, 6.45) is 24.8. The Morgan fingerprint density at radius 1 is 0.310 bits per heavy atom. The summed E-state index contributed by atoms with van der Waals surface area (Å²) in [5.41, 5.74) is 16.4. The topological polar surface area (TPSA) is 35.5 Å². The zero-order valence-corrected chi connectivity index (χ0v) is 41.3. The average Bonchev–Trinajstić information content (AvgIpc) is 4.21. The van der Waals surface area contributed by atoms with Gasteiger partial charge in [0.25, 0.3) is 0 Å². The van der Waals surface area contributed by atoms with Crippen LogP contribution in [-0.2, 0) is 21.9 Å².